The molecule has 1 aromatic rings. The van der Waals surface area contributed by atoms with Crippen LogP contribution >= 0.6 is 0 Å². The maximum absolute atomic E-state index is 12.3. The first kappa shape index (κ1) is 13.1. The molecule has 0 amide bonds. The van der Waals surface area contributed by atoms with E-state index in [0.717, 1.165) is 0 Å². The van der Waals surface area contributed by atoms with E-state index in [-0.39, 0.29) is 0 Å². The lowest BCUT2D eigenvalue weighted by Crippen LogP contribution is -2.12. The average molecular weight is 252 g/mol. The summed E-state index contributed by atoms with van der Waals surface area (Å²) in [5, 5.41) is 35.7. The van der Waals surface area contributed by atoms with Crippen molar-refractivity contribution in [3.05, 3.63) is 23.3 Å². The van der Waals surface area contributed by atoms with Crippen LogP contribution in [0.15, 0.2) is 12.1 Å². The number of phenols is 2. The summed E-state index contributed by atoms with van der Waals surface area (Å²) in [6.07, 6.45) is -7.11. The monoisotopic (exact) mass is 252 g/mol. The van der Waals surface area contributed by atoms with Gasteiger partial charge in [0.2, 0.25) is 0 Å². The fourth-order valence-corrected chi connectivity index (χ4v) is 1.18. The second kappa shape index (κ2) is 4.13. The van der Waals surface area contributed by atoms with E-state index in [4.69, 9.17) is 15.3 Å². The molecular weight excluding hydrogens is 245 g/mol. The Bertz CT molecular complexity index is 455. The number of hydrogen-bond donors (Lipinski definition) is 4. The van der Waals surface area contributed by atoms with E-state index >= 15 is 0 Å². The highest BCUT2D eigenvalue weighted by molar-refractivity contribution is 5.76. The minimum Gasteiger partial charge on any atom is -0.504 e. The summed E-state index contributed by atoms with van der Waals surface area (Å²) in [5.41, 5.74) is -2.24. The van der Waals surface area contributed by atoms with Gasteiger partial charge in [-0.2, -0.15) is 13.2 Å². The first-order valence-electron chi connectivity index (χ1n) is 4.19. The molecule has 0 saturated heterocycles. The smallest absolute Gasteiger partial charge is 0.420 e. The summed E-state index contributed by atoms with van der Waals surface area (Å²) >= 11 is 0. The molecule has 17 heavy (non-hydrogen) atoms. The third-order valence-electron chi connectivity index (χ3n) is 2.02. The lowest BCUT2D eigenvalue weighted by atomic mass is 10.0. The van der Waals surface area contributed by atoms with Gasteiger partial charge in [-0.3, -0.25) is 0 Å². The van der Waals surface area contributed by atoms with Crippen molar-refractivity contribution in [1.82, 2.24) is 0 Å². The molecule has 0 bridgehead atoms. The Morgan fingerprint density at radius 2 is 1.71 bits per heavy atom. The standard InChI is InChI=1S/C9H7F3O5/c10-9(11,12)4-2-1-3(5(13)7(4)15)6(14)8(16)17/h1-2,6,13-15H,(H,16,17). The third kappa shape index (κ3) is 2.41. The number of alkyl halides is 3. The molecule has 1 rings (SSSR count). The number of benzene rings is 1. The van der Waals surface area contributed by atoms with Gasteiger partial charge in [0.1, 0.15) is 5.56 Å². The van der Waals surface area contributed by atoms with Crippen molar-refractivity contribution in [2.24, 2.45) is 0 Å². The summed E-state index contributed by atoms with van der Waals surface area (Å²) in [4.78, 5) is 10.4. The second-order valence-electron chi connectivity index (χ2n) is 3.14. The number of aliphatic hydroxyl groups excluding tert-OH is 1. The zero-order valence-electron chi connectivity index (χ0n) is 8.06. The average Bonchev–Trinajstić information content (AvgIpc) is 2.19. The minimum atomic E-state index is -4.89. The summed E-state index contributed by atoms with van der Waals surface area (Å²) in [6, 6.07) is 0.952. The molecule has 94 valence electrons. The molecule has 8 heteroatoms. The molecule has 0 fully saturated rings. The zero-order chi connectivity index (χ0) is 13.4. The highest BCUT2D eigenvalue weighted by atomic mass is 19.4. The zero-order valence-corrected chi connectivity index (χ0v) is 8.06. The van der Waals surface area contributed by atoms with Gasteiger partial charge in [-0.25, -0.2) is 4.79 Å². The molecule has 1 atom stereocenters. The Morgan fingerprint density at radius 1 is 1.18 bits per heavy atom. The van der Waals surface area contributed by atoms with E-state index in [9.17, 15) is 23.1 Å². The van der Waals surface area contributed by atoms with Gasteiger partial charge in [-0.15, -0.1) is 0 Å². The number of aromatic hydroxyl groups is 2. The summed E-state index contributed by atoms with van der Waals surface area (Å²) in [7, 11) is 0. The lowest BCUT2D eigenvalue weighted by Gasteiger charge is -2.14. The van der Waals surface area contributed by atoms with Gasteiger partial charge in [0, 0.05) is 5.56 Å². The quantitative estimate of drug-likeness (QED) is 0.593. The second-order valence-corrected chi connectivity index (χ2v) is 3.14. The van der Waals surface area contributed by atoms with Crippen LogP contribution in [0.4, 0.5) is 13.2 Å². The Morgan fingerprint density at radius 3 is 2.12 bits per heavy atom. The number of aliphatic carboxylic acids is 1. The van der Waals surface area contributed by atoms with Crippen molar-refractivity contribution in [1.29, 1.82) is 0 Å². The summed E-state index contributed by atoms with van der Waals surface area (Å²) in [5.74, 6) is -4.59. The Kier molecular flexibility index (Phi) is 3.18. The summed E-state index contributed by atoms with van der Waals surface area (Å²) in [6.45, 7) is 0. The van der Waals surface area contributed by atoms with Crippen molar-refractivity contribution in [3.8, 4) is 11.5 Å². The summed E-state index contributed by atoms with van der Waals surface area (Å²) < 4.78 is 36.8. The van der Waals surface area contributed by atoms with E-state index < -0.39 is 40.9 Å². The van der Waals surface area contributed by atoms with Crippen LogP contribution in [0.1, 0.15) is 17.2 Å². The molecule has 0 aromatic heterocycles. The van der Waals surface area contributed by atoms with Crippen LogP contribution in [0.3, 0.4) is 0 Å². The predicted octanol–water partition coefficient (Wildman–Crippen LogP) is 1.23. The van der Waals surface area contributed by atoms with Crippen LogP contribution in [0, 0.1) is 0 Å². The lowest BCUT2D eigenvalue weighted by molar-refractivity contribution is -0.147. The van der Waals surface area contributed by atoms with Gasteiger partial charge in [0.15, 0.2) is 17.6 Å². The van der Waals surface area contributed by atoms with Crippen molar-refractivity contribution < 1.29 is 38.4 Å². The number of phenolic OH excluding ortho intramolecular Hbond substituents is 2. The molecule has 1 unspecified atom stereocenters. The molecule has 0 aliphatic rings. The van der Waals surface area contributed by atoms with E-state index in [1.807, 2.05) is 0 Å². The molecule has 1 aromatic carbocycles. The number of halogens is 3. The Labute approximate surface area is 92.4 Å². The Hall–Kier alpha value is -1.96. The van der Waals surface area contributed by atoms with Crippen LogP contribution in [-0.4, -0.2) is 26.4 Å². The SMILES string of the molecule is O=C(O)C(O)c1ccc(C(F)(F)F)c(O)c1O. The van der Waals surface area contributed by atoms with Gasteiger partial charge in [0.05, 0.1) is 0 Å². The molecule has 0 aliphatic heterocycles. The van der Waals surface area contributed by atoms with Crippen molar-refractivity contribution >= 4 is 5.97 Å². The highest BCUT2D eigenvalue weighted by Crippen LogP contribution is 2.43. The van der Waals surface area contributed by atoms with Crippen LogP contribution < -0.4 is 0 Å². The number of hydrogen-bond acceptors (Lipinski definition) is 4. The van der Waals surface area contributed by atoms with Gasteiger partial charge in [0.25, 0.3) is 0 Å². The van der Waals surface area contributed by atoms with Gasteiger partial charge < -0.3 is 20.4 Å². The highest BCUT2D eigenvalue weighted by Gasteiger charge is 2.36. The molecule has 0 spiro atoms. The van der Waals surface area contributed by atoms with E-state index in [2.05, 4.69) is 0 Å². The first-order valence-corrected chi connectivity index (χ1v) is 4.19. The normalized spacial score (nSPS) is 13.4. The maximum atomic E-state index is 12.3. The molecule has 0 aliphatic carbocycles. The predicted molar refractivity (Wildman–Crippen MR) is 47.4 cm³/mol. The number of carbonyl (C=O) groups is 1. The van der Waals surface area contributed by atoms with Gasteiger partial charge >= 0.3 is 12.1 Å². The van der Waals surface area contributed by atoms with E-state index in [1.54, 1.807) is 0 Å². The van der Waals surface area contributed by atoms with Crippen molar-refractivity contribution in [3.63, 3.8) is 0 Å². The fraction of sp³-hybridized carbons (Fsp3) is 0.222. The van der Waals surface area contributed by atoms with E-state index in [1.165, 1.54) is 0 Å². The van der Waals surface area contributed by atoms with Crippen LogP contribution in [0.25, 0.3) is 0 Å². The molecular formula is C9H7F3O5. The van der Waals surface area contributed by atoms with Gasteiger partial charge in [-0.05, 0) is 6.07 Å². The van der Waals surface area contributed by atoms with Gasteiger partial charge in [-0.1, -0.05) is 6.07 Å². The number of carboxylic acid groups (broad SMARTS) is 1. The molecule has 5 nitrogen and oxygen atoms in total. The number of aliphatic hydroxyl groups is 1. The largest absolute Gasteiger partial charge is 0.504 e. The molecule has 0 saturated carbocycles. The van der Waals surface area contributed by atoms with Crippen molar-refractivity contribution in [2.45, 2.75) is 12.3 Å². The molecule has 0 radical (unpaired) electrons. The van der Waals surface area contributed by atoms with Crippen LogP contribution in [0.2, 0.25) is 0 Å². The van der Waals surface area contributed by atoms with E-state index in [0.29, 0.717) is 12.1 Å². The first-order chi connectivity index (χ1) is 7.66. The topological polar surface area (TPSA) is 98.0 Å². The molecule has 0 heterocycles. The van der Waals surface area contributed by atoms with Crippen molar-refractivity contribution in [2.75, 3.05) is 0 Å². The Balaban J connectivity index is 3.34. The molecule has 4 N–H and O–H groups in total. The number of carboxylic acids is 1. The third-order valence-corrected chi connectivity index (χ3v) is 2.02. The number of rotatable bonds is 2. The van der Waals surface area contributed by atoms with Crippen LogP contribution in [0.5, 0.6) is 11.5 Å². The maximum Gasteiger partial charge on any atom is 0.420 e. The fourth-order valence-electron chi connectivity index (χ4n) is 1.18. The minimum absolute atomic E-state index is 0.372. The van der Waals surface area contributed by atoms with Crippen LogP contribution in [-0.2, 0) is 11.0 Å².